The molecule has 8 nitrogen and oxygen atoms in total. The Morgan fingerprint density at radius 3 is 2.42 bits per heavy atom. The lowest BCUT2D eigenvalue weighted by Crippen LogP contribution is -2.50. The Bertz CT molecular complexity index is 685. The summed E-state index contributed by atoms with van der Waals surface area (Å²) in [6.07, 6.45) is -3.10. The number of benzene rings is 1. The van der Waals surface area contributed by atoms with Crippen LogP contribution in [0.4, 0.5) is 14.9 Å². The summed E-state index contributed by atoms with van der Waals surface area (Å²) in [6, 6.07) is 4.80. The highest BCUT2D eigenvalue weighted by atomic mass is 19.1. The van der Waals surface area contributed by atoms with Gasteiger partial charge in [0.25, 0.3) is 5.69 Å². The first-order chi connectivity index (χ1) is 12.1. The van der Waals surface area contributed by atoms with E-state index in [0.717, 1.165) is 12.1 Å². The van der Waals surface area contributed by atoms with Gasteiger partial charge < -0.3 is 14.4 Å². The van der Waals surface area contributed by atoms with Gasteiger partial charge in [0.1, 0.15) is 11.8 Å². The number of non-ortho nitro benzene ring substituents is 1. The van der Waals surface area contributed by atoms with E-state index in [4.69, 9.17) is 9.47 Å². The summed E-state index contributed by atoms with van der Waals surface area (Å²) < 4.78 is 24.5. The van der Waals surface area contributed by atoms with E-state index < -0.39 is 34.9 Å². The standard InChI is InChI=1S/C17H21FN2O6/c1-17(2,3)26-16(22)19-9-8-13(18)14(10-19)25-15(21)11-4-6-12(7-5-11)20(23)24/h4-7,13-14H,8-10H2,1-3H3/t13-,14+/m0/s1. The molecule has 1 aromatic carbocycles. The van der Waals surface area contributed by atoms with Gasteiger partial charge >= 0.3 is 12.1 Å². The minimum atomic E-state index is -1.41. The molecule has 1 aliphatic rings. The highest BCUT2D eigenvalue weighted by Crippen LogP contribution is 2.21. The molecular formula is C17H21FN2O6. The summed E-state index contributed by atoms with van der Waals surface area (Å²) in [6.45, 7) is 5.22. The lowest BCUT2D eigenvalue weighted by molar-refractivity contribution is -0.384. The fourth-order valence-corrected chi connectivity index (χ4v) is 2.42. The van der Waals surface area contributed by atoms with Gasteiger partial charge in [-0.2, -0.15) is 0 Å². The number of carbonyl (C=O) groups excluding carboxylic acids is 2. The van der Waals surface area contributed by atoms with Crippen LogP contribution in [0.1, 0.15) is 37.6 Å². The van der Waals surface area contributed by atoms with Crippen molar-refractivity contribution in [1.82, 2.24) is 4.90 Å². The van der Waals surface area contributed by atoms with E-state index >= 15 is 0 Å². The van der Waals surface area contributed by atoms with Gasteiger partial charge in [0.15, 0.2) is 6.10 Å². The number of amides is 1. The maximum atomic E-state index is 14.1. The van der Waals surface area contributed by atoms with Crippen molar-refractivity contribution in [3.63, 3.8) is 0 Å². The van der Waals surface area contributed by atoms with Crippen molar-refractivity contribution in [1.29, 1.82) is 0 Å². The largest absolute Gasteiger partial charge is 0.454 e. The number of alkyl halides is 1. The second-order valence-electron chi connectivity index (χ2n) is 6.98. The first kappa shape index (κ1) is 19.6. The predicted molar refractivity (Wildman–Crippen MR) is 89.6 cm³/mol. The van der Waals surface area contributed by atoms with Crippen molar-refractivity contribution >= 4 is 17.7 Å². The summed E-state index contributed by atoms with van der Waals surface area (Å²) in [4.78, 5) is 35.6. The van der Waals surface area contributed by atoms with Gasteiger partial charge in [0.2, 0.25) is 0 Å². The Hall–Kier alpha value is -2.71. The van der Waals surface area contributed by atoms with Crippen LogP contribution in [0, 0.1) is 10.1 Å². The minimum Gasteiger partial charge on any atom is -0.454 e. The van der Waals surface area contributed by atoms with Crippen LogP contribution in [-0.4, -0.2) is 52.9 Å². The molecule has 26 heavy (non-hydrogen) atoms. The van der Waals surface area contributed by atoms with Crippen molar-refractivity contribution in [2.24, 2.45) is 0 Å². The summed E-state index contributed by atoms with van der Waals surface area (Å²) in [5.41, 5.74) is -0.787. The van der Waals surface area contributed by atoms with Gasteiger partial charge in [0, 0.05) is 25.1 Å². The molecule has 1 heterocycles. The lowest BCUT2D eigenvalue weighted by atomic mass is 10.1. The average Bonchev–Trinajstić information content (AvgIpc) is 2.55. The van der Waals surface area contributed by atoms with E-state index in [0.29, 0.717) is 0 Å². The SMILES string of the molecule is CC(C)(C)OC(=O)N1CC[C@H](F)[C@H](OC(=O)c2ccc([N+](=O)[O-])cc2)C1. The number of carbonyl (C=O) groups is 2. The van der Waals surface area contributed by atoms with Gasteiger partial charge in [-0.3, -0.25) is 10.1 Å². The van der Waals surface area contributed by atoms with Gasteiger partial charge in [0.05, 0.1) is 17.0 Å². The molecule has 1 fully saturated rings. The number of likely N-dealkylation sites (tertiary alicyclic amines) is 1. The third-order valence-corrected chi connectivity index (χ3v) is 3.70. The molecule has 0 N–H and O–H groups in total. The summed E-state index contributed by atoms with van der Waals surface area (Å²) in [5.74, 6) is -0.807. The number of hydrogen-bond donors (Lipinski definition) is 0. The summed E-state index contributed by atoms with van der Waals surface area (Å²) in [7, 11) is 0. The van der Waals surface area contributed by atoms with Crippen LogP contribution in [0.25, 0.3) is 0 Å². The Morgan fingerprint density at radius 2 is 1.88 bits per heavy atom. The van der Waals surface area contributed by atoms with Gasteiger partial charge in [-0.05, 0) is 32.9 Å². The monoisotopic (exact) mass is 368 g/mol. The predicted octanol–water partition coefficient (Wildman–Crippen LogP) is 3.10. The van der Waals surface area contributed by atoms with Crippen molar-refractivity contribution in [2.75, 3.05) is 13.1 Å². The van der Waals surface area contributed by atoms with E-state index in [-0.39, 0.29) is 30.8 Å². The number of hydrogen-bond acceptors (Lipinski definition) is 6. The molecule has 0 bridgehead atoms. The highest BCUT2D eigenvalue weighted by molar-refractivity contribution is 5.89. The number of esters is 1. The van der Waals surface area contributed by atoms with E-state index in [9.17, 15) is 24.1 Å². The fourth-order valence-electron chi connectivity index (χ4n) is 2.42. The van der Waals surface area contributed by atoms with Gasteiger partial charge in [-0.1, -0.05) is 0 Å². The summed E-state index contributed by atoms with van der Waals surface area (Å²) in [5, 5.41) is 10.6. The Balaban J connectivity index is 2.01. The Kier molecular flexibility index (Phi) is 5.79. The number of nitro benzene ring substituents is 1. The van der Waals surface area contributed by atoms with Crippen molar-refractivity contribution in [3.8, 4) is 0 Å². The second kappa shape index (κ2) is 7.67. The topological polar surface area (TPSA) is 99.0 Å². The second-order valence-corrected chi connectivity index (χ2v) is 6.98. The van der Waals surface area contributed by atoms with Crippen molar-refractivity contribution in [3.05, 3.63) is 39.9 Å². The van der Waals surface area contributed by atoms with Crippen LogP contribution in [-0.2, 0) is 9.47 Å². The zero-order valence-corrected chi connectivity index (χ0v) is 14.8. The van der Waals surface area contributed by atoms with Crippen LogP contribution in [0.5, 0.6) is 0 Å². The number of nitro groups is 1. The molecule has 1 saturated heterocycles. The van der Waals surface area contributed by atoms with Crippen LogP contribution in [0.2, 0.25) is 0 Å². The third-order valence-electron chi connectivity index (χ3n) is 3.70. The fraction of sp³-hybridized carbons (Fsp3) is 0.529. The molecule has 1 aliphatic heterocycles. The molecule has 0 aliphatic carbocycles. The number of rotatable bonds is 3. The molecular weight excluding hydrogens is 347 g/mol. The van der Waals surface area contributed by atoms with Crippen LogP contribution in [0.15, 0.2) is 24.3 Å². The van der Waals surface area contributed by atoms with E-state index in [1.165, 1.54) is 17.0 Å². The number of nitrogens with zero attached hydrogens (tertiary/aromatic N) is 2. The Morgan fingerprint density at radius 1 is 1.27 bits per heavy atom. The minimum absolute atomic E-state index is 0.0252. The smallest absolute Gasteiger partial charge is 0.410 e. The van der Waals surface area contributed by atoms with E-state index in [1.807, 2.05) is 0 Å². The molecule has 9 heteroatoms. The maximum absolute atomic E-state index is 14.1. The van der Waals surface area contributed by atoms with E-state index in [2.05, 4.69) is 0 Å². The number of ether oxygens (including phenoxy) is 2. The first-order valence-electron chi connectivity index (χ1n) is 8.14. The van der Waals surface area contributed by atoms with Crippen LogP contribution in [0.3, 0.4) is 0 Å². The molecule has 0 aromatic heterocycles. The zero-order valence-electron chi connectivity index (χ0n) is 14.8. The molecule has 0 spiro atoms. The quantitative estimate of drug-likeness (QED) is 0.462. The van der Waals surface area contributed by atoms with Crippen LogP contribution < -0.4 is 0 Å². The summed E-state index contributed by atoms with van der Waals surface area (Å²) >= 11 is 0. The number of piperidine rings is 1. The van der Waals surface area contributed by atoms with Gasteiger partial charge in [-0.15, -0.1) is 0 Å². The normalized spacial score (nSPS) is 20.4. The lowest BCUT2D eigenvalue weighted by Gasteiger charge is -2.35. The van der Waals surface area contributed by atoms with Crippen molar-refractivity contribution in [2.45, 2.75) is 45.1 Å². The molecule has 1 aromatic rings. The molecule has 0 radical (unpaired) electrons. The zero-order chi connectivity index (χ0) is 19.5. The molecule has 142 valence electrons. The van der Waals surface area contributed by atoms with E-state index in [1.54, 1.807) is 20.8 Å². The third kappa shape index (κ3) is 5.14. The molecule has 0 unspecified atom stereocenters. The highest BCUT2D eigenvalue weighted by Gasteiger charge is 2.36. The molecule has 1 amide bonds. The number of halogens is 1. The molecule has 2 atom stereocenters. The first-order valence-corrected chi connectivity index (χ1v) is 8.14. The molecule has 2 rings (SSSR count). The van der Waals surface area contributed by atoms with Crippen molar-refractivity contribution < 1.29 is 28.4 Å². The molecule has 0 saturated carbocycles. The van der Waals surface area contributed by atoms with Crippen LogP contribution >= 0.6 is 0 Å². The Labute approximate surface area is 150 Å². The maximum Gasteiger partial charge on any atom is 0.410 e. The average molecular weight is 368 g/mol. The van der Waals surface area contributed by atoms with Gasteiger partial charge in [-0.25, -0.2) is 14.0 Å².